The summed E-state index contributed by atoms with van der Waals surface area (Å²) < 4.78 is 41.8. The average molecular weight is 992 g/mol. The SMILES string of the molecule is COC(=O)C1CC(NC(=O)c2cc(=O)[nH]c(=O)[nH]2)C(O[C@@H]2OC(C)[C@@H](O)C(O)C2O)[C@H](O[C@@H]2OC(CO)[C@H](O)C(O[C@@H](CC3CCCCC3)C(=O)O)C2OC(=O)c2ccc(NC(=O)CN=[N+]=[N-])cc2)C1. The highest BCUT2D eigenvalue weighted by Gasteiger charge is 2.54. The molecule has 3 heterocycles. The third-order valence-electron chi connectivity index (χ3n) is 12.7. The van der Waals surface area contributed by atoms with Crippen molar-refractivity contribution in [1.82, 2.24) is 15.3 Å². The van der Waals surface area contributed by atoms with Crippen LogP contribution in [-0.4, -0.2) is 176 Å². The van der Waals surface area contributed by atoms with Gasteiger partial charge < -0.3 is 79.4 Å². The summed E-state index contributed by atoms with van der Waals surface area (Å²) >= 11 is 0. The van der Waals surface area contributed by atoms with Crippen LogP contribution in [0.3, 0.4) is 0 Å². The van der Waals surface area contributed by atoms with Crippen molar-refractivity contribution < 1.29 is 87.8 Å². The molecular weight excluding hydrogens is 935 g/mol. The standard InChI is InChI=1S/C43H57N7O20/c1-18-30(54)32(56)33(57)41(65-18)70-34-23(47-37(58)24-15-28(52)49-43(63)48-24)13-21(39(61)64-2)14-25(34)67-42-36(69-40(62)20-8-10-22(11-9-20)46-29(53)16-45-50-44)35(31(55)27(17-51)68-42)66-26(38(59)60)12-19-6-4-3-5-7-19/h8-11,15,18-19,21,23,25-27,30-36,41-42,51,54-57H,3-7,12-14,16-17H2,1-2H3,(H,46,53)(H,47,58)(H,59,60)(H2,48,49,52,63)/t18?,21?,23?,25-,26+,27?,30-,31+,32?,33?,34?,35?,36?,41+,42-/m1/s1. The second-order valence-corrected chi connectivity index (χ2v) is 17.5. The van der Waals surface area contributed by atoms with Gasteiger partial charge in [0.25, 0.3) is 11.5 Å². The van der Waals surface area contributed by atoms with Gasteiger partial charge >= 0.3 is 23.6 Å². The molecule has 2 aliphatic heterocycles. The number of aliphatic carboxylic acids is 1. The van der Waals surface area contributed by atoms with Gasteiger partial charge in [-0.25, -0.2) is 14.4 Å². The predicted molar refractivity (Wildman–Crippen MR) is 233 cm³/mol. The number of nitrogens with zero attached hydrogens (tertiary/aromatic N) is 3. The number of aliphatic hydroxyl groups is 5. The number of nitrogens with one attached hydrogen (secondary N) is 4. The van der Waals surface area contributed by atoms with Crippen molar-refractivity contribution in [3.05, 3.63) is 72.9 Å². The van der Waals surface area contributed by atoms with Crippen molar-refractivity contribution in [3.63, 3.8) is 0 Å². The van der Waals surface area contributed by atoms with Crippen LogP contribution >= 0.6 is 0 Å². The van der Waals surface area contributed by atoms with E-state index in [4.69, 9.17) is 38.7 Å². The van der Waals surface area contributed by atoms with Gasteiger partial charge in [-0.2, -0.15) is 0 Å². The number of azide groups is 1. The highest BCUT2D eigenvalue weighted by atomic mass is 16.7. The molecule has 1 aromatic carbocycles. The molecule has 27 nitrogen and oxygen atoms in total. The summed E-state index contributed by atoms with van der Waals surface area (Å²) in [6.07, 6.45) is -19.0. The van der Waals surface area contributed by atoms with Crippen molar-refractivity contribution in [2.45, 2.75) is 144 Å². The molecule has 2 amide bonds. The Labute approximate surface area is 397 Å². The largest absolute Gasteiger partial charge is 0.479 e. The monoisotopic (exact) mass is 991 g/mol. The maximum absolute atomic E-state index is 14.1. The molecule has 0 bridgehead atoms. The lowest BCUT2D eigenvalue weighted by molar-refractivity contribution is -0.347. The van der Waals surface area contributed by atoms with E-state index in [1.807, 2.05) is 4.98 Å². The molecule has 4 fully saturated rings. The summed E-state index contributed by atoms with van der Waals surface area (Å²) in [7, 11) is 1.08. The van der Waals surface area contributed by atoms with Gasteiger partial charge in [0, 0.05) is 16.7 Å². The normalized spacial score (nSPS) is 31.8. The summed E-state index contributed by atoms with van der Waals surface area (Å²) in [5.74, 6) is -6.38. The first-order chi connectivity index (χ1) is 33.4. The Kier molecular flexibility index (Phi) is 18.6. The first-order valence-corrected chi connectivity index (χ1v) is 22.6. The van der Waals surface area contributed by atoms with Crippen LogP contribution in [0.5, 0.6) is 0 Å². The number of carbonyl (C=O) groups excluding carboxylic acids is 4. The van der Waals surface area contributed by atoms with E-state index in [-0.39, 0.29) is 36.4 Å². The Hall–Kier alpha value is -5.84. The highest BCUT2D eigenvalue weighted by Crippen LogP contribution is 2.38. The lowest BCUT2D eigenvalue weighted by Crippen LogP contribution is -2.65. The molecule has 0 radical (unpaired) electrons. The Balaban J connectivity index is 1.41. The fraction of sp³-hybridized carbons (Fsp3) is 0.651. The number of rotatable bonds is 18. The van der Waals surface area contributed by atoms with Crippen molar-refractivity contribution in [2.24, 2.45) is 17.0 Å². The number of H-pyrrole nitrogens is 2. The number of benzene rings is 1. The summed E-state index contributed by atoms with van der Waals surface area (Å²) in [5.41, 5.74) is 6.06. The second kappa shape index (κ2) is 24.3. The van der Waals surface area contributed by atoms with Gasteiger partial charge in [0.1, 0.15) is 55.0 Å². The number of carbonyl (C=O) groups is 5. The second-order valence-electron chi connectivity index (χ2n) is 17.5. The van der Waals surface area contributed by atoms with Gasteiger partial charge in [0.2, 0.25) is 5.91 Å². The van der Waals surface area contributed by atoms with Crippen molar-refractivity contribution >= 4 is 35.4 Å². The summed E-state index contributed by atoms with van der Waals surface area (Å²) in [4.78, 5) is 97.2. The van der Waals surface area contributed by atoms with Gasteiger partial charge in [-0.3, -0.25) is 24.2 Å². The highest BCUT2D eigenvalue weighted by molar-refractivity contribution is 5.94. The fourth-order valence-corrected chi connectivity index (χ4v) is 9.06. The zero-order valence-corrected chi connectivity index (χ0v) is 37.9. The van der Waals surface area contributed by atoms with Gasteiger partial charge in [0.15, 0.2) is 24.8 Å². The van der Waals surface area contributed by atoms with Crippen LogP contribution in [-0.2, 0) is 47.5 Å². The molecule has 27 heteroatoms. The number of aromatic amines is 2. The first-order valence-electron chi connectivity index (χ1n) is 22.6. The van der Waals surface area contributed by atoms with Crippen LogP contribution in [0.1, 0.15) is 79.1 Å². The number of ether oxygens (including phenoxy) is 7. The molecule has 384 valence electrons. The number of carboxylic acid groups (broad SMARTS) is 1. The summed E-state index contributed by atoms with van der Waals surface area (Å²) in [6, 6.07) is 4.48. The van der Waals surface area contributed by atoms with E-state index < -0.39 is 152 Å². The summed E-state index contributed by atoms with van der Waals surface area (Å²) in [5, 5.41) is 73.3. The minimum absolute atomic E-state index is 0.00971. The summed E-state index contributed by atoms with van der Waals surface area (Å²) in [6.45, 7) is -0.0876. The quantitative estimate of drug-likeness (QED) is 0.0359. The van der Waals surface area contributed by atoms with Gasteiger partial charge in [0.05, 0.1) is 43.4 Å². The van der Waals surface area contributed by atoms with Crippen LogP contribution in [0.15, 0.2) is 45.0 Å². The van der Waals surface area contributed by atoms with Crippen LogP contribution in [0.2, 0.25) is 0 Å². The number of carboxylic acids is 1. The third-order valence-corrected chi connectivity index (χ3v) is 12.7. The van der Waals surface area contributed by atoms with E-state index in [0.717, 1.165) is 32.4 Å². The van der Waals surface area contributed by atoms with Crippen LogP contribution in [0, 0.1) is 11.8 Å². The smallest absolute Gasteiger partial charge is 0.338 e. The van der Waals surface area contributed by atoms with Crippen molar-refractivity contribution in [1.29, 1.82) is 0 Å². The third kappa shape index (κ3) is 13.3. The number of anilines is 1. The van der Waals surface area contributed by atoms with Crippen LogP contribution in [0.25, 0.3) is 10.4 Å². The van der Waals surface area contributed by atoms with E-state index in [1.165, 1.54) is 31.2 Å². The van der Waals surface area contributed by atoms with E-state index >= 15 is 0 Å². The predicted octanol–water partition coefficient (Wildman–Crippen LogP) is -1.30. The Morgan fingerprint density at radius 3 is 2.26 bits per heavy atom. The topological polar surface area (TPSA) is 410 Å². The van der Waals surface area contributed by atoms with Crippen LogP contribution in [0.4, 0.5) is 5.69 Å². The number of aromatic nitrogens is 2. The molecule has 2 saturated carbocycles. The molecule has 4 aliphatic rings. The Morgan fingerprint density at radius 2 is 1.61 bits per heavy atom. The van der Waals surface area contributed by atoms with E-state index in [9.17, 15) is 64.2 Å². The minimum Gasteiger partial charge on any atom is -0.479 e. The average Bonchev–Trinajstić information content (AvgIpc) is 3.33. The molecule has 2 saturated heterocycles. The number of methoxy groups -OCH3 is 1. The molecule has 2 aliphatic carbocycles. The molecule has 1 aromatic heterocycles. The molecule has 2 aromatic rings. The van der Waals surface area contributed by atoms with E-state index in [2.05, 4.69) is 25.6 Å². The number of esters is 2. The molecule has 9 unspecified atom stereocenters. The van der Waals surface area contributed by atoms with Gasteiger partial charge in [-0.1, -0.05) is 37.2 Å². The number of aliphatic hydroxyl groups excluding tert-OH is 5. The lowest BCUT2D eigenvalue weighted by Gasteiger charge is -2.48. The Morgan fingerprint density at radius 1 is 0.900 bits per heavy atom. The Bertz CT molecular complexity index is 2290. The zero-order chi connectivity index (χ0) is 50.8. The molecule has 10 N–H and O–H groups in total. The molecule has 6 rings (SSSR count). The maximum atomic E-state index is 14.1. The van der Waals surface area contributed by atoms with Crippen molar-refractivity contribution in [2.75, 3.05) is 25.6 Å². The molecule has 70 heavy (non-hydrogen) atoms. The fourth-order valence-electron chi connectivity index (χ4n) is 9.06. The van der Waals surface area contributed by atoms with Crippen LogP contribution < -0.4 is 21.9 Å². The number of hydrogen-bond acceptors (Lipinski definition) is 20. The van der Waals surface area contributed by atoms with Gasteiger partial charge in [-0.05, 0) is 61.9 Å². The maximum Gasteiger partial charge on any atom is 0.338 e. The molecule has 15 atom stereocenters. The zero-order valence-electron chi connectivity index (χ0n) is 37.9. The molecular formula is C43H57N7O20. The minimum atomic E-state index is -1.96. The lowest BCUT2D eigenvalue weighted by atomic mass is 9.81. The van der Waals surface area contributed by atoms with Crippen molar-refractivity contribution in [3.8, 4) is 0 Å². The first kappa shape index (κ1) is 53.5. The molecule has 0 spiro atoms. The van der Waals surface area contributed by atoms with E-state index in [0.29, 0.717) is 12.8 Å². The van der Waals surface area contributed by atoms with Gasteiger partial charge in [-0.15, -0.1) is 0 Å². The number of hydrogen-bond donors (Lipinski definition) is 10. The van der Waals surface area contributed by atoms with E-state index in [1.54, 1.807) is 0 Å². The number of amides is 2.